The van der Waals surface area contributed by atoms with Crippen molar-refractivity contribution in [2.75, 3.05) is 0 Å². The molecule has 0 aliphatic rings. The van der Waals surface area contributed by atoms with Gasteiger partial charge >= 0.3 is 0 Å². The van der Waals surface area contributed by atoms with Crippen LogP contribution in [0.25, 0.3) is 11.5 Å². The van der Waals surface area contributed by atoms with Gasteiger partial charge in [-0.1, -0.05) is 25.5 Å². The van der Waals surface area contributed by atoms with Gasteiger partial charge in [-0.25, -0.2) is 0 Å². The summed E-state index contributed by atoms with van der Waals surface area (Å²) in [5.74, 6) is 0.109. The number of aryl methyl sites for hydroxylation is 2. The Morgan fingerprint density at radius 2 is 1.97 bits per heavy atom. The predicted octanol–water partition coefficient (Wildman–Crippen LogP) is 3.57. The molecular weight excluding hydrogens is 420 g/mol. The Kier molecular flexibility index (Phi) is 8.69. The number of benzene rings is 1. The molecule has 0 aliphatic heterocycles. The van der Waals surface area contributed by atoms with Crippen LogP contribution in [0.1, 0.15) is 50.3 Å². The summed E-state index contributed by atoms with van der Waals surface area (Å²) in [5.41, 5.74) is 8.23. The highest BCUT2D eigenvalue weighted by molar-refractivity contribution is 5.86. The summed E-state index contributed by atoms with van der Waals surface area (Å²) < 4.78 is 7.51. The number of nitrogens with two attached hydrogens (primary N) is 1. The number of rotatable bonds is 13. The van der Waals surface area contributed by atoms with E-state index < -0.39 is 11.9 Å². The highest BCUT2D eigenvalue weighted by atomic mass is 16.3. The third kappa shape index (κ3) is 7.24. The van der Waals surface area contributed by atoms with Crippen LogP contribution in [0.3, 0.4) is 0 Å². The van der Waals surface area contributed by atoms with Crippen LogP contribution in [0.15, 0.2) is 53.1 Å². The lowest BCUT2D eigenvalue weighted by Crippen LogP contribution is -2.45. The average molecular weight is 453 g/mol. The number of amides is 2. The molecule has 8 nitrogen and oxygen atoms in total. The Morgan fingerprint density at radius 3 is 2.64 bits per heavy atom. The lowest BCUT2D eigenvalue weighted by Gasteiger charge is -2.15. The van der Waals surface area contributed by atoms with Crippen LogP contribution in [0.4, 0.5) is 0 Å². The van der Waals surface area contributed by atoms with Gasteiger partial charge < -0.3 is 20.6 Å². The van der Waals surface area contributed by atoms with Gasteiger partial charge in [-0.3, -0.25) is 14.3 Å². The van der Waals surface area contributed by atoms with Crippen molar-refractivity contribution in [3.8, 4) is 17.2 Å². The molecule has 3 rings (SSSR count). The number of phenols is 1. The summed E-state index contributed by atoms with van der Waals surface area (Å²) >= 11 is 0. The summed E-state index contributed by atoms with van der Waals surface area (Å²) in [7, 11) is 0. The van der Waals surface area contributed by atoms with Gasteiger partial charge in [-0.05, 0) is 61.6 Å². The normalized spacial score (nSPS) is 11.9. The monoisotopic (exact) mass is 452 g/mol. The fourth-order valence-corrected chi connectivity index (χ4v) is 3.65. The molecule has 1 aromatic carbocycles. The van der Waals surface area contributed by atoms with Crippen LogP contribution in [0, 0.1) is 0 Å². The number of aromatic hydroxyl groups is 1. The van der Waals surface area contributed by atoms with Crippen molar-refractivity contribution >= 4 is 11.8 Å². The number of carbonyl (C=O) groups is 2. The van der Waals surface area contributed by atoms with E-state index >= 15 is 0 Å². The maximum atomic E-state index is 12.4. The van der Waals surface area contributed by atoms with E-state index in [1.54, 1.807) is 18.4 Å². The van der Waals surface area contributed by atoms with E-state index in [2.05, 4.69) is 23.4 Å². The lowest BCUT2D eigenvalue weighted by atomic mass is 10.0. The number of primary amides is 1. The van der Waals surface area contributed by atoms with E-state index in [1.165, 1.54) is 12.1 Å². The molecule has 0 bridgehead atoms. The maximum Gasteiger partial charge on any atom is 0.240 e. The van der Waals surface area contributed by atoms with Gasteiger partial charge in [-0.2, -0.15) is 5.10 Å². The zero-order valence-electron chi connectivity index (χ0n) is 19.0. The molecule has 2 heterocycles. The molecule has 0 saturated heterocycles. The molecule has 0 spiro atoms. The number of nitrogens with one attached hydrogen (secondary N) is 1. The molecule has 0 fully saturated rings. The van der Waals surface area contributed by atoms with Crippen LogP contribution in [-0.4, -0.2) is 32.7 Å². The number of carbonyl (C=O) groups excluding carboxylic acids is 2. The maximum absolute atomic E-state index is 12.4. The standard InChI is InChI=1S/C25H32N4O4/c1-2-3-14-29-19(17-21(28-29)23-8-6-15-33-23)7-4-5-9-24(31)27-22(25(26)32)16-18-10-12-20(30)13-11-18/h6,8,10-13,15,17,22,30H,2-5,7,9,14,16H2,1H3,(H2,26,32)(H,27,31)/t22-/m0/s1. The second kappa shape index (κ2) is 11.9. The van der Waals surface area contributed by atoms with Crippen LogP contribution in [-0.2, 0) is 29.0 Å². The first kappa shape index (κ1) is 24.1. The summed E-state index contributed by atoms with van der Waals surface area (Å²) in [5, 5.41) is 16.8. The molecule has 33 heavy (non-hydrogen) atoms. The highest BCUT2D eigenvalue weighted by Crippen LogP contribution is 2.21. The molecule has 8 heteroatoms. The number of nitrogens with zero attached hydrogens (tertiary/aromatic N) is 2. The lowest BCUT2D eigenvalue weighted by molar-refractivity contribution is -0.127. The minimum absolute atomic E-state index is 0.144. The molecule has 3 aromatic rings. The molecule has 176 valence electrons. The van der Waals surface area contributed by atoms with E-state index in [4.69, 9.17) is 10.2 Å². The van der Waals surface area contributed by atoms with Crippen LogP contribution in [0.2, 0.25) is 0 Å². The zero-order chi connectivity index (χ0) is 23.6. The summed E-state index contributed by atoms with van der Waals surface area (Å²) in [4.78, 5) is 24.2. The van der Waals surface area contributed by atoms with Crippen molar-refractivity contribution in [1.29, 1.82) is 0 Å². The van der Waals surface area contributed by atoms with E-state index in [9.17, 15) is 14.7 Å². The van der Waals surface area contributed by atoms with Crippen molar-refractivity contribution in [3.63, 3.8) is 0 Å². The molecular formula is C25H32N4O4. The molecule has 2 aromatic heterocycles. The summed E-state index contributed by atoms with van der Waals surface area (Å²) in [6.07, 6.45) is 6.68. The highest BCUT2D eigenvalue weighted by Gasteiger charge is 2.18. The number of hydrogen-bond acceptors (Lipinski definition) is 5. The molecule has 0 radical (unpaired) electrons. The van der Waals surface area contributed by atoms with E-state index in [1.807, 2.05) is 16.8 Å². The van der Waals surface area contributed by atoms with Gasteiger partial charge in [0.2, 0.25) is 11.8 Å². The average Bonchev–Trinajstić information content (AvgIpc) is 3.46. The van der Waals surface area contributed by atoms with Crippen molar-refractivity contribution in [2.45, 2.75) is 64.5 Å². The topological polar surface area (TPSA) is 123 Å². The van der Waals surface area contributed by atoms with Gasteiger partial charge in [0, 0.05) is 25.1 Å². The molecule has 1 atom stereocenters. The Bertz CT molecular complexity index is 1030. The van der Waals surface area contributed by atoms with Crippen molar-refractivity contribution in [2.24, 2.45) is 5.73 Å². The number of phenolic OH excluding ortho intramolecular Hbond substituents is 1. The minimum Gasteiger partial charge on any atom is -0.508 e. The first-order valence-corrected chi connectivity index (χ1v) is 11.4. The largest absolute Gasteiger partial charge is 0.508 e. The van der Waals surface area contributed by atoms with Gasteiger partial charge in [0.15, 0.2) is 5.76 Å². The molecule has 0 unspecified atom stereocenters. The third-order valence-electron chi connectivity index (χ3n) is 5.50. The number of unbranched alkanes of at least 4 members (excludes halogenated alkanes) is 2. The van der Waals surface area contributed by atoms with Crippen LogP contribution in [0.5, 0.6) is 5.75 Å². The Labute approximate surface area is 193 Å². The van der Waals surface area contributed by atoms with E-state index in [-0.39, 0.29) is 18.1 Å². The number of hydrogen-bond donors (Lipinski definition) is 3. The SMILES string of the molecule is CCCCn1nc(-c2ccco2)cc1CCCCC(=O)N[C@@H](Cc1ccc(O)cc1)C(N)=O. The van der Waals surface area contributed by atoms with Crippen LogP contribution < -0.4 is 11.1 Å². The zero-order valence-corrected chi connectivity index (χ0v) is 19.0. The van der Waals surface area contributed by atoms with Gasteiger partial charge in [0.05, 0.1) is 6.26 Å². The fourth-order valence-electron chi connectivity index (χ4n) is 3.65. The van der Waals surface area contributed by atoms with Crippen molar-refractivity contribution < 1.29 is 19.1 Å². The Balaban J connectivity index is 1.49. The Hall–Kier alpha value is -3.55. The molecule has 0 saturated carbocycles. The second-order valence-corrected chi connectivity index (χ2v) is 8.18. The van der Waals surface area contributed by atoms with Crippen molar-refractivity contribution in [3.05, 3.63) is 60.0 Å². The van der Waals surface area contributed by atoms with Crippen LogP contribution >= 0.6 is 0 Å². The summed E-state index contributed by atoms with van der Waals surface area (Å²) in [6.45, 7) is 3.00. The number of aromatic nitrogens is 2. The fraction of sp³-hybridized carbons (Fsp3) is 0.400. The first-order valence-electron chi connectivity index (χ1n) is 11.4. The third-order valence-corrected chi connectivity index (χ3v) is 5.50. The van der Waals surface area contributed by atoms with Crippen molar-refractivity contribution in [1.82, 2.24) is 15.1 Å². The minimum atomic E-state index is -0.784. The molecule has 0 aliphatic carbocycles. The van der Waals surface area contributed by atoms with E-state index in [0.717, 1.165) is 54.9 Å². The van der Waals surface area contributed by atoms with Gasteiger partial charge in [0.1, 0.15) is 17.5 Å². The molecule has 2 amide bonds. The second-order valence-electron chi connectivity index (χ2n) is 8.18. The molecule has 4 N–H and O–H groups in total. The van der Waals surface area contributed by atoms with E-state index in [0.29, 0.717) is 12.8 Å². The predicted molar refractivity (Wildman–Crippen MR) is 125 cm³/mol. The summed E-state index contributed by atoms with van der Waals surface area (Å²) in [6, 6.07) is 11.5. The Morgan fingerprint density at radius 1 is 1.18 bits per heavy atom. The van der Waals surface area contributed by atoms with Gasteiger partial charge in [-0.15, -0.1) is 0 Å². The quantitative estimate of drug-likeness (QED) is 0.342. The first-order chi connectivity index (χ1) is 16.0. The smallest absolute Gasteiger partial charge is 0.240 e. The van der Waals surface area contributed by atoms with Gasteiger partial charge in [0.25, 0.3) is 0 Å². The number of furan rings is 1.